The molecule has 5 nitrogen and oxygen atoms in total. The van der Waals surface area contributed by atoms with Crippen molar-refractivity contribution in [1.29, 1.82) is 5.26 Å². The lowest BCUT2D eigenvalue weighted by Gasteiger charge is -2.11. The molecule has 2 N–H and O–H groups in total. The molecule has 1 heterocycles. The number of nitrogens with one attached hydrogen (secondary N) is 2. The summed E-state index contributed by atoms with van der Waals surface area (Å²) in [6.45, 7) is 1.95. The highest BCUT2D eigenvalue weighted by molar-refractivity contribution is 5.97. The molecular weight excluding hydrogens is 252 g/mol. The first-order chi connectivity index (χ1) is 9.69. The van der Waals surface area contributed by atoms with Crippen LogP contribution >= 0.6 is 0 Å². The molecule has 104 valence electrons. The second kappa shape index (κ2) is 6.71. The van der Waals surface area contributed by atoms with E-state index in [4.69, 9.17) is 5.26 Å². The molecule has 1 aliphatic carbocycles. The van der Waals surface area contributed by atoms with Crippen molar-refractivity contribution in [3.05, 3.63) is 35.7 Å². The third-order valence-electron chi connectivity index (χ3n) is 3.34. The number of carbonyl (C=O) groups is 1. The van der Waals surface area contributed by atoms with Crippen molar-refractivity contribution >= 4 is 11.7 Å². The highest BCUT2D eigenvalue weighted by atomic mass is 16.1. The van der Waals surface area contributed by atoms with Crippen LogP contribution in [0.2, 0.25) is 0 Å². The Bertz CT molecular complexity index is 553. The third kappa shape index (κ3) is 3.82. The van der Waals surface area contributed by atoms with Crippen molar-refractivity contribution in [3.63, 3.8) is 0 Å². The Hall–Kier alpha value is -2.35. The molecule has 1 fully saturated rings. The molecule has 1 aliphatic rings. The molecule has 1 aromatic rings. The van der Waals surface area contributed by atoms with Crippen molar-refractivity contribution in [2.24, 2.45) is 0 Å². The van der Waals surface area contributed by atoms with Crippen LogP contribution < -0.4 is 10.6 Å². The van der Waals surface area contributed by atoms with Gasteiger partial charge in [-0.1, -0.05) is 12.8 Å². The van der Waals surface area contributed by atoms with Crippen LogP contribution in [0, 0.1) is 18.3 Å². The Balaban J connectivity index is 1.98. The fourth-order valence-corrected chi connectivity index (χ4v) is 2.24. The van der Waals surface area contributed by atoms with Gasteiger partial charge in [-0.15, -0.1) is 0 Å². The second-order valence-electron chi connectivity index (χ2n) is 4.99. The van der Waals surface area contributed by atoms with E-state index in [0.717, 1.165) is 31.2 Å². The number of carbonyl (C=O) groups excluding carboxylic acids is 1. The molecule has 0 aliphatic heterocycles. The summed E-state index contributed by atoms with van der Waals surface area (Å²) in [5.41, 5.74) is 1.13. The minimum Gasteiger partial charge on any atom is -0.349 e. The van der Waals surface area contributed by atoms with Crippen molar-refractivity contribution in [3.8, 4) is 6.07 Å². The predicted molar refractivity (Wildman–Crippen MR) is 76.7 cm³/mol. The van der Waals surface area contributed by atoms with E-state index in [1.165, 1.54) is 6.20 Å². The van der Waals surface area contributed by atoms with E-state index in [1.54, 1.807) is 6.20 Å². The molecule has 1 aromatic heterocycles. The SMILES string of the molecule is Cc1ccnc(N/C=C(/C#N)C(=O)NC2CCCC2)c1. The normalized spacial score (nSPS) is 15.7. The number of nitriles is 1. The van der Waals surface area contributed by atoms with Gasteiger partial charge in [0.2, 0.25) is 0 Å². The number of amides is 1. The highest BCUT2D eigenvalue weighted by Gasteiger charge is 2.19. The molecule has 0 spiro atoms. The van der Waals surface area contributed by atoms with Crippen LogP contribution in [0.1, 0.15) is 31.2 Å². The zero-order chi connectivity index (χ0) is 14.4. The van der Waals surface area contributed by atoms with Gasteiger partial charge in [0.25, 0.3) is 5.91 Å². The molecule has 0 saturated heterocycles. The van der Waals surface area contributed by atoms with Crippen molar-refractivity contribution in [1.82, 2.24) is 10.3 Å². The Morgan fingerprint density at radius 3 is 2.90 bits per heavy atom. The van der Waals surface area contributed by atoms with Gasteiger partial charge in [0.1, 0.15) is 17.5 Å². The summed E-state index contributed by atoms with van der Waals surface area (Å²) in [5, 5.41) is 14.8. The molecule has 20 heavy (non-hydrogen) atoms. The third-order valence-corrected chi connectivity index (χ3v) is 3.34. The maximum absolute atomic E-state index is 12.0. The molecule has 0 bridgehead atoms. The van der Waals surface area contributed by atoms with Gasteiger partial charge in [-0.25, -0.2) is 4.98 Å². The number of pyridine rings is 1. The summed E-state index contributed by atoms with van der Waals surface area (Å²) < 4.78 is 0. The van der Waals surface area contributed by atoms with Gasteiger partial charge in [-0.3, -0.25) is 4.79 Å². The molecule has 0 unspecified atom stereocenters. The molecular formula is C15H18N4O. The van der Waals surface area contributed by atoms with Crippen molar-refractivity contribution < 1.29 is 4.79 Å². The van der Waals surface area contributed by atoms with Crippen LogP contribution in [0.3, 0.4) is 0 Å². The Morgan fingerprint density at radius 1 is 1.50 bits per heavy atom. The average molecular weight is 270 g/mol. The monoisotopic (exact) mass is 270 g/mol. The number of anilines is 1. The molecule has 0 radical (unpaired) electrons. The Morgan fingerprint density at radius 2 is 2.25 bits per heavy atom. The largest absolute Gasteiger partial charge is 0.349 e. The Kier molecular flexibility index (Phi) is 4.72. The van der Waals surface area contributed by atoms with Gasteiger partial charge >= 0.3 is 0 Å². The fraction of sp³-hybridized carbons (Fsp3) is 0.400. The van der Waals surface area contributed by atoms with Crippen LogP contribution in [0.25, 0.3) is 0 Å². The number of rotatable bonds is 4. The average Bonchev–Trinajstić information content (AvgIpc) is 2.92. The van der Waals surface area contributed by atoms with E-state index in [-0.39, 0.29) is 17.5 Å². The van der Waals surface area contributed by atoms with E-state index in [0.29, 0.717) is 5.82 Å². The van der Waals surface area contributed by atoms with Gasteiger partial charge in [0, 0.05) is 18.4 Å². The first kappa shape index (κ1) is 14.1. The molecule has 2 rings (SSSR count). The minimum atomic E-state index is -0.320. The topological polar surface area (TPSA) is 77.8 Å². The summed E-state index contributed by atoms with van der Waals surface area (Å²) >= 11 is 0. The van der Waals surface area contributed by atoms with Gasteiger partial charge < -0.3 is 10.6 Å². The van der Waals surface area contributed by atoms with Crippen molar-refractivity contribution in [2.45, 2.75) is 38.6 Å². The smallest absolute Gasteiger partial charge is 0.263 e. The van der Waals surface area contributed by atoms with Gasteiger partial charge in [0.05, 0.1) is 0 Å². The second-order valence-corrected chi connectivity index (χ2v) is 4.99. The maximum atomic E-state index is 12.0. The number of hydrogen-bond donors (Lipinski definition) is 2. The molecule has 0 atom stereocenters. The van der Waals surface area contributed by atoms with E-state index >= 15 is 0 Å². The van der Waals surface area contributed by atoms with Gasteiger partial charge in [-0.05, 0) is 37.5 Å². The van der Waals surface area contributed by atoms with Crippen LogP contribution in [0.15, 0.2) is 30.1 Å². The lowest BCUT2D eigenvalue weighted by atomic mass is 10.2. The zero-order valence-electron chi connectivity index (χ0n) is 11.5. The first-order valence-electron chi connectivity index (χ1n) is 6.79. The molecule has 0 aromatic carbocycles. The summed E-state index contributed by atoms with van der Waals surface area (Å²) in [6.07, 6.45) is 7.36. The Labute approximate surface area is 118 Å². The maximum Gasteiger partial charge on any atom is 0.263 e. The van der Waals surface area contributed by atoms with E-state index < -0.39 is 0 Å². The van der Waals surface area contributed by atoms with Gasteiger partial charge in [0.15, 0.2) is 0 Å². The van der Waals surface area contributed by atoms with Crippen molar-refractivity contribution in [2.75, 3.05) is 5.32 Å². The quantitative estimate of drug-likeness (QED) is 0.650. The number of nitrogens with zero attached hydrogens (tertiary/aromatic N) is 2. The number of aryl methyl sites for hydroxylation is 1. The standard InChI is InChI=1S/C15H18N4O/c1-11-6-7-17-14(8-11)18-10-12(9-16)15(20)19-13-4-2-3-5-13/h6-8,10,13H,2-5H2,1H3,(H,17,18)(H,19,20)/b12-10-. The van der Waals surface area contributed by atoms with E-state index in [9.17, 15) is 4.79 Å². The summed E-state index contributed by atoms with van der Waals surface area (Å²) in [7, 11) is 0. The molecule has 5 heteroatoms. The summed E-state index contributed by atoms with van der Waals surface area (Å²) in [6, 6.07) is 5.85. The van der Waals surface area contributed by atoms with E-state index in [2.05, 4.69) is 15.6 Å². The van der Waals surface area contributed by atoms with E-state index in [1.807, 2.05) is 25.1 Å². The van der Waals surface area contributed by atoms with Crippen LogP contribution in [0.4, 0.5) is 5.82 Å². The first-order valence-corrected chi connectivity index (χ1v) is 6.79. The van der Waals surface area contributed by atoms with Gasteiger partial charge in [-0.2, -0.15) is 5.26 Å². The minimum absolute atomic E-state index is 0.0696. The molecule has 1 amide bonds. The van der Waals surface area contributed by atoms with Crippen LogP contribution in [0.5, 0.6) is 0 Å². The summed E-state index contributed by atoms with van der Waals surface area (Å²) in [4.78, 5) is 16.1. The lowest BCUT2D eigenvalue weighted by molar-refractivity contribution is -0.117. The van der Waals surface area contributed by atoms with Crippen LogP contribution in [-0.4, -0.2) is 16.9 Å². The number of aromatic nitrogens is 1. The lowest BCUT2D eigenvalue weighted by Crippen LogP contribution is -2.33. The molecule has 1 saturated carbocycles. The number of hydrogen-bond acceptors (Lipinski definition) is 4. The summed E-state index contributed by atoms with van der Waals surface area (Å²) in [5.74, 6) is 0.297. The fourth-order valence-electron chi connectivity index (χ4n) is 2.24. The highest BCUT2D eigenvalue weighted by Crippen LogP contribution is 2.18. The zero-order valence-corrected chi connectivity index (χ0v) is 11.5. The predicted octanol–water partition coefficient (Wildman–Crippen LogP) is 2.27. The van der Waals surface area contributed by atoms with Crippen LogP contribution in [-0.2, 0) is 4.79 Å².